The van der Waals surface area contributed by atoms with E-state index in [-0.39, 0.29) is 30.5 Å². The number of nitrogens with one attached hydrogen (secondary N) is 2. The number of hydrogen-bond acceptors (Lipinski definition) is 5. The molecule has 7 nitrogen and oxygen atoms in total. The first-order valence-corrected chi connectivity index (χ1v) is 8.13. The van der Waals surface area contributed by atoms with Gasteiger partial charge in [0.15, 0.2) is 0 Å². The van der Waals surface area contributed by atoms with E-state index in [9.17, 15) is 9.90 Å². The smallest absolute Gasteiger partial charge is 0.229 e. The Bertz CT molecular complexity index is 582. The molecule has 1 amide bonds. The van der Waals surface area contributed by atoms with Crippen LogP contribution in [0.3, 0.4) is 0 Å². The van der Waals surface area contributed by atoms with Crippen molar-refractivity contribution in [2.75, 3.05) is 6.54 Å². The second kappa shape index (κ2) is 5.33. The number of hydrogen-bond donors (Lipinski definition) is 3. The van der Waals surface area contributed by atoms with Crippen molar-refractivity contribution in [2.24, 2.45) is 11.8 Å². The molecule has 1 saturated carbocycles. The summed E-state index contributed by atoms with van der Waals surface area (Å²) in [4.78, 5) is 15.0. The van der Waals surface area contributed by atoms with Crippen LogP contribution in [0.4, 0.5) is 0 Å². The minimum atomic E-state index is -0.0504. The predicted molar refractivity (Wildman–Crippen MR) is 79.3 cm³/mol. The molecule has 3 atom stereocenters. The van der Waals surface area contributed by atoms with Gasteiger partial charge in [-0.25, -0.2) is 0 Å². The van der Waals surface area contributed by atoms with E-state index in [1.807, 2.05) is 15.6 Å². The second-order valence-electron chi connectivity index (χ2n) is 6.73. The van der Waals surface area contributed by atoms with Crippen molar-refractivity contribution < 1.29 is 9.90 Å². The molecule has 1 saturated heterocycles. The molecule has 0 bridgehead atoms. The van der Waals surface area contributed by atoms with E-state index >= 15 is 0 Å². The van der Waals surface area contributed by atoms with Gasteiger partial charge >= 0.3 is 0 Å². The lowest BCUT2D eigenvalue weighted by molar-refractivity contribution is -0.138. The molecule has 1 aromatic rings. The molecule has 3 N–H and O–H groups in total. The van der Waals surface area contributed by atoms with Crippen LogP contribution in [0.25, 0.3) is 0 Å². The Hall–Kier alpha value is -1.44. The number of nitrogens with zero attached hydrogens (tertiary/aromatic N) is 3. The van der Waals surface area contributed by atoms with Gasteiger partial charge in [0, 0.05) is 18.6 Å². The van der Waals surface area contributed by atoms with Crippen LogP contribution in [0.5, 0.6) is 0 Å². The summed E-state index contributed by atoms with van der Waals surface area (Å²) in [5, 5.41) is 13.5. The van der Waals surface area contributed by atoms with Crippen LogP contribution < -0.4 is 10.9 Å². The first kappa shape index (κ1) is 14.2. The van der Waals surface area contributed by atoms with Gasteiger partial charge in [0.1, 0.15) is 0 Å². The van der Waals surface area contributed by atoms with E-state index in [2.05, 4.69) is 22.9 Å². The number of rotatable bonds is 3. The minimum absolute atomic E-state index is 0.0132. The zero-order chi connectivity index (χ0) is 15.3. The highest BCUT2D eigenvalue weighted by molar-refractivity contribution is 5.81. The number of fused-ring (bicyclic) bond motifs is 1. The lowest BCUT2D eigenvalue weighted by atomic mass is 9.90. The molecule has 1 aliphatic carbocycles. The third-order valence-electron chi connectivity index (χ3n) is 5.14. The van der Waals surface area contributed by atoms with Gasteiger partial charge in [-0.3, -0.25) is 20.3 Å². The summed E-state index contributed by atoms with van der Waals surface area (Å²) >= 11 is 0. The fourth-order valence-electron chi connectivity index (χ4n) is 3.75. The molecular weight excluding hydrogens is 282 g/mol. The highest BCUT2D eigenvalue weighted by atomic mass is 16.3. The van der Waals surface area contributed by atoms with Gasteiger partial charge in [-0.2, -0.15) is 5.10 Å². The zero-order valence-electron chi connectivity index (χ0n) is 12.8. The molecule has 3 aliphatic rings. The summed E-state index contributed by atoms with van der Waals surface area (Å²) in [6.45, 7) is 4.02. The fourth-order valence-corrected chi connectivity index (χ4v) is 3.75. The Balaban J connectivity index is 1.50. The van der Waals surface area contributed by atoms with Crippen LogP contribution in [-0.2, 0) is 24.5 Å². The van der Waals surface area contributed by atoms with Crippen LogP contribution in [0.1, 0.15) is 31.2 Å². The summed E-state index contributed by atoms with van der Waals surface area (Å²) in [5.74, 6) is 0.891. The molecular formula is C15H23N5O2. The van der Waals surface area contributed by atoms with Crippen molar-refractivity contribution in [1.82, 2.24) is 25.5 Å². The van der Waals surface area contributed by atoms with Gasteiger partial charge in [0.05, 0.1) is 37.0 Å². The molecule has 4 rings (SSSR count). The number of aliphatic hydroxyl groups excluding tert-OH is 1. The summed E-state index contributed by atoms with van der Waals surface area (Å²) in [7, 11) is 0. The van der Waals surface area contributed by atoms with Gasteiger partial charge in [-0.15, -0.1) is 0 Å². The highest BCUT2D eigenvalue weighted by Crippen LogP contribution is 2.39. The summed E-state index contributed by atoms with van der Waals surface area (Å²) in [5.41, 5.74) is 8.26. The third-order valence-corrected chi connectivity index (χ3v) is 5.14. The van der Waals surface area contributed by atoms with Crippen LogP contribution in [0.2, 0.25) is 0 Å². The maximum atomic E-state index is 13.0. The van der Waals surface area contributed by atoms with Gasteiger partial charge < -0.3 is 10.0 Å². The SMILES string of the molecule is CC1NNC(C2CC2)C1C(=O)N1CCn2nc(CO)cc2C1. The maximum absolute atomic E-state index is 13.0. The standard InChI is InChI=1S/C15H23N5O2/c1-9-13(14(17-16-9)10-2-3-10)15(22)19-4-5-20-12(7-19)6-11(8-21)18-20/h6,9-10,13-14,16-17,21H,2-5,7-8H2,1H3. The van der Waals surface area contributed by atoms with E-state index in [1.54, 1.807) is 0 Å². The number of carbonyl (C=O) groups is 1. The Morgan fingerprint density at radius 2 is 2.23 bits per heavy atom. The Morgan fingerprint density at radius 1 is 1.41 bits per heavy atom. The largest absolute Gasteiger partial charge is 0.390 e. The second-order valence-corrected chi connectivity index (χ2v) is 6.73. The third kappa shape index (κ3) is 2.33. The number of aliphatic hydroxyl groups is 1. The molecule has 2 fully saturated rings. The lowest BCUT2D eigenvalue weighted by Gasteiger charge is -2.32. The average Bonchev–Trinajstić information content (AvgIpc) is 3.17. The topological polar surface area (TPSA) is 82.4 Å². The Labute approximate surface area is 129 Å². The molecule has 0 spiro atoms. The molecule has 3 unspecified atom stereocenters. The average molecular weight is 305 g/mol. The van der Waals surface area contributed by atoms with Crippen molar-refractivity contribution in [2.45, 2.75) is 51.5 Å². The number of amides is 1. The summed E-state index contributed by atoms with van der Waals surface area (Å²) in [6.07, 6.45) is 2.45. The van der Waals surface area contributed by atoms with Crippen molar-refractivity contribution in [3.05, 3.63) is 17.5 Å². The van der Waals surface area contributed by atoms with Crippen LogP contribution in [0.15, 0.2) is 6.07 Å². The van der Waals surface area contributed by atoms with E-state index in [1.165, 1.54) is 12.8 Å². The first-order valence-electron chi connectivity index (χ1n) is 8.13. The van der Waals surface area contributed by atoms with Crippen molar-refractivity contribution >= 4 is 5.91 Å². The molecule has 7 heteroatoms. The molecule has 120 valence electrons. The Morgan fingerprint density at radius 3 is 2.95 bits per heavy atom. The van der Waals surface area contributed by atoms with Crippen LogP contribution in [-0.4, -0.2) is 44.3 Å². The number of aromatic nitrogens is 2. The number of hydrazine groups is 1. The van der Waals surface area contributed by atoms with Crippen molar-refractivity contribution in [3.8, 4) is 0 Å². The molecule has 3 heterocycles. The molecule has 0 radical (unpaired) electrons. The van der Waals surface area contributed by atoms with E-state index in [0.717, 1.165) is 5.69 Å². The van der Waals surface area contributed by atoms with Crippen LogP contribution in [0, 0.1) is 11.8 Å². The normalized spacial score (nSPS) is 31.4. The monoisotopic (exact) mass is 305 g/mol. The van der Waals surface area contributed by atoms with Gasteiger partial charge in [0.25, 0.3) is 0 Å². The van der Waals surface area contributed by atoms with E-state index in [4.69, 9.17) is 0 Å². The zero-order valence-corrected chi connectivity index (χ0v) is 12.8. The van der Waals surface area contributed by atoms with Gasteiger partial charge in [-0.05, 0) is 31.7 Å². The highest BCUT2D eigenvalue weighted by Gasteiger charge is 2.47. The molecule has 22 heavy (non-hydrogen) atoms. The first-order chi connectivity index (χ1) is 10.7. The predicted octanol–water partition coefficient (Wildman–Crippen LogP) is -0.391. The van der Waals surface area contributed by atoms with E-state index in [0.29, 0.717) is 31.2 Å². The summed E-state index contributed by atoms with van der Waals surface area (Å²) in [6, 6.07) is 2.33. The van der Waals surface area contributed by atoms with Gasteiger partial charge in [-0.1, -0.05) is 0 Å². The molecule has 1 aromatic heterocycles. The molecule has 2 aliphatic heterocycles. The van der Waals surface area contributed by atoms with Crippen molar-refractivity contribution in [1.29, 1.82) is 0 Å². The fraction of sp³-hybridized carbons (Fsp3) is 0.733. The number of carbonyl (C=O) groups excluding carboxylic acids is 1. The maximum Gasteiger partial charge on any atom is 0.229 e. The van der Waals surface area contributed by atoms with Crippen LogP contribution >= 0.6 is 0 Å². The van der Waals surface area contributed by atoms with Gasteiger partial charge in [0.2, 0.25) is 5.91 Å². The summed E-state index contributed by atoms with van der Waals surface area (Å²) < 4.78 is 1.91. The minimum Gasteiger partial charge on any atom is -0.390 e. The van der Waals surface area contributed by atoms with Crippen molar-refractivity contribution in [3.63, 3.8) is 0 Å². The lowest BCUT2D eigenvalue weighted by Crippen LogP contribution is -2.47. The quantitative estimate of drug-likeness (QED) is 0.708. The Kier molecular flexibility index (Phi) is 3.43. The van der Waals surface area contributed by atoms with E-state index < -0.39 is 0 Å². The molecule has 0 aromatic carbocycles.